The summed E-state index contributed by atoms with van der Waals surface area (Å²) in [5.74, 6) is 0.189. The Hall–Kier alpha value is -2.08. The molecule has 0 radical (unpaired) electrons. The van der Waals surface area contributed by atoms with Crippen molar-refractivity contribution in [1.82, 2.24) is 5.32 Å². The zero-order chi connectivity index (χ0) is 16.7. The predicted molar refractivity (Wildman–Crippen MR) is 87.6 cm³/mol. The van der Waals surface area contributed by atoms with Gasteiger partial charge in [-0.15, -0.1) is 0 Å². The summed E-state index contributed by atoms with van der Waals surface area (Å²) in [5, 5.41) is 2.88. The van der Waals surface area contributed by atoms with Crippen molar-refractivity contribution in [3.63, 3.8) is 0 Å². The first-order chi connectivity index (χ1) is 11.2. The normalized spacial score (nSPS) is 17.4. The van der Waals surface area contributed by atoms with E-state index in [1.807, 2.05) is 31.2 Å². The van der Waals surface area contributed by atoms with E-state index in [1.165, 1.54) is 0 Å². The number of hydrogen-bond donors (Lipinski definition) is 1. The maximum Gasteiger partial charge on any atom is 0.227 e. The Balaban J connectivity index is 1.90. The van der Waals surface area contributed by atoms with Crippen LogP contribution in [0.4, 0.5) is 5.69 Å². The van der Waals surface area contributed by atoms with Crippen molar-refractivity contribution in [2.75, 3.05) is 38.3 Å². The van der Waals surface area contributed by atoms with Crippen molar-refractivity contribution in [3.8, 4) is 5.75 Å². The fourth-order valence-corrected chi connectivity index (χ4v) is 2.64. The third kappa shape index (κ3) is 4.45. The number of rotatable bonds is 8. The highest BCUT2D eigenvalue weighted by atomic mass is 16.5. The second-order valence-corrected chi connectivity index (χ2v) is 5.42. The van der Waals surface area contributed by atoms with E-state index in [1.54, 1.807) is 12.0 Å². The number of nitrogens with one attached hydrogen (secondary N) is 1. The summed E-state index contributed by atoms with van der Waals surface area (Å²) in [4.78, 5) is 26.1. The highest BCUT2D eigenvalue weighted by molar-refractivity contribution is 6.01. The minimum atomic E-state index is -0.320. The zero-order valence-corrected chi connectivity index (χ0v) is 13.7. The second-order valence-electron chi connectivity index (χ2n) is 5.42. The molecule has 2 amide bonds. The number of benzene rings is 1. The summed E-state index contributed by atoms with van der Waals surface area (Å²) in [7, 11) is 1.57. The molecule has 23 heavy (non-hydrogen) atoms. The molecule has 6 nitrogen and oxygen atoms in total. The van der Waals surface area contributed by atoms with E-state index < -0.39 is 0 Å². The number of ether oxygens (including phenoxy) is 2. The lowest BCUT2D eigenvalue weighted by Crippen LogP contribution is -2.34. The number of anilines is 1. The van der Waals surface area contributed by atoms with E-state index in [0.29, 0.717) is 37.7 Å². The van der Waals surface area contributed by atoms with E-state index in [4.69, 9.17) is 9.47 Å². The largest absolute Gasteiger partial charge is 0.495 e. The molecule has 6 heteroatoms. The number of nitrogens with zero attached hydrogens (tertiary/aromatic N) is 1. The Morgan fingerprint density at radius 1 is 1.39 bits per heavy atom. The topological polar surface area (TPSA) is 67.9 Å². The van der Waals surface area contributed by atoms with Crippen LogP contribution in [0.25, 0.3) is 0 Å². The second kappa shape index (κ2) is 8.53. The van der Waals surface area contributed by atoms with Gasteiger partial charge < -0.3 is 19.7 Å². The molecule has 126 valence electrons. The first-order valence-corrected chi connectivity index (χ1v) is 7.96. The quantitative estimate of drug-likeness (QED) is 0.739. The van der Waals surface area contributed by atoms with Crippen LogP contribution >= 0.6 is 0 Å². The summed E-state index contributed by atoms with van der Waals surface area (Å²) >= 11 is 0. The van der Waals surface area contributed by atoms with Gasteiger partial charge in [0.25, 0.3) is 0 Å². The summed E-state index contributed by atoms with van der Waals surface area (Å²) in [6.45, 7) is 4.20. The zero-order valence-electron chi connectivity index (χ0n) is 13.7. The van der Waals surface area contributed by atoms with Crippen LogP contribution < -0.4 is 15.0 Å². The summed E-state index contributed by atoms with van der Waals surface area (Å²) in [6.07, 6.45) is 1.01. The minimum absolute atomic E-state index is 0.0519. The average Bonchev–Trinajstić information content (AvgIpc) is 2.96. The molecule has 1 unspecified atom stereocenters. The number of carbonyl (C=O) groups is 2. The van der Waals surface area contributed by atoms with Crippen LogP contribution in [0, 0.1) is 5.92 Å². The van der Waals surface area contributed by atoms with Gasteiger partial charge in [0.15, 0.2) is 0 Å². The van der Waals surface area contributed by atoms with E-state index >= 15 is 0 Å². The maximum absolute atomic E-state index is 12.2. The van der Waals surface area contributed by atoms with Gasteiger partial charge in [-0.05, 0) is 25.5 Å². The van der Waals surface area contributed by atoms with Gasteiger partial charge in [-0.25, -0.2) is 0 Å². The van der Waals surface area contributed by atoms with Crippen molar-refractivity contribution in [2.24, 2.45) is 5.92 Å². The standard InChI is InChI=1S/C17H24N2O4/c1-3-23-10-6-9-18-17(21)13-11-16(20)19(12-13)14-7-4-5-8-15(14)22-2/h4-5,7-8,13H,3,6,9-12H2,1-2H3,(H,18,21). The van der Waals surface area contributed by atoms with E-state index in [2.05, 4.69) is 5.32 Å². The monoisotopic (exact) mass is 320 g/mol. The molecular weight excluding hydrogens is 296 g/mol. The number of amides is 2. The Morgan fingerprint density at radius 2 is 2.17 bits per heavy atom. The number of para-hydroxylation sites is 2. The smallest absolute Gasteiger partial charge is 0.227 e. The molecule has 1 N–H and O–H groups in total. The molecule has 1 aromatic carbocycles. The van der Waals surface area contributed by atoms with E-state index in [9.17, 15) is 9.59 Å². The molecule has 1 fully saturated rings. The molecule has 1 atom stereocenters. The van der Waals surface area contributed by atoms with Gasteiger partial charge in [-0.1, -0.05) is 12.1 Å². The molecule has 1 saturated heterocycles. The fraction of sp³-hybridized carbons (Fsp3) is 0.529. The molecule has 0 bridgehead atoms. The molecule has 1 aromatic rings. The van der Waals surface area contributed by atoms with Gasteiger partial charge in [0.1, 0.15) is 5.75 Å². The Morgan fingerprint density at radius 3 is 2.91 bits per heavy atom. The number of methoxy groups -OCH3 is 1. The molecule has 0 aromatic heterocycles. The summed E-state index contributed by atoms with van der Waals surface area (Å²) in [5.41, 5.74) is 0.714. The van der Waals surface area contributed by atoms with Crippen LogP contribution in [-0.2, 0) is 14.3 Å². The van der Waals surface area contributed by atoms with Crippen molar-refractivity contribution < 1.29 is 19.1 Å². The molecule has 0 saturated carbocycles. The summed E-state index contributed by atoms with van der Waals surface area (Å²) in [6, 6.07) is 7.35. The van der Waals surface area contributed by atoms with E-state index in [-0.39, 0.29) is 24.2 Å². The number of hydrogen-bond acceptors (Lipinski definition) is 4. The fourth-order valence-electron chi connectivity index (χ4n) is 2.64. The third-order valence-corrected chi connectivity index (χ3v) is 3.84. The molecule has 0 aliphatic carbocycles. The van der Waals surface area contributed by atoms with Crippen LogP contribution in [0.2, 0.25) is 0 Å². The lowest BCUT2D eigenvalue weighted by Gasteiger charge is -2.19. The van der Waals surface area contributed by atoms with Gasteiger partial charge >= 0.3 is 0 Å². The Bertz CT molecular complexity index is 547. The van der Waals surface area contributed by atoms with Crippen LogP contribution in [0.5, 0.6) is 5.75 Å². The minimum Gasteiger partial charge on any atom is -0.495 e. The average molecular weight is 320 g/mol. The molecule has 1 aliphatic heterocycles. The van der Waals surface area contributed by atoms with Gasteiger partial charge in [-0.3, -0.25) is 9.59 Å². The predicted octanol–water partition coefficient (Wildman–Crippen LogP) is 1.59. The number of carbonyl (C=O) groups excluding carboxylic acids is 2. The van der Waals surface area contributed by atoms with Gasteiger partial charge in [0.05, 0.1) is 18.7 Å². The highest BCUT2D eigenvalue weighted by Gasteiger charge is 2.35. The van der Waals surface area contributed by atoms with Gasteiger partial charge in [0.2, 0.25) is 11.8 Å². The molecular formula is C17H24N2O4. The SMILES string of the molecule is CCOCCCNC(=O)C1CC(=O)N(c2ccccc2OC)C1. The van der Waals surface area contributed by atoms with Crippen LogP contribution in [-0.4, -0.2) is 45.2 Å². The highest BCUT2D eigenvalue weighted by Crippen LogP contribution is 2.32. The third-order valence-electron chi connectivity index (χ3n) is 3.84. The van der Waals surface area contributed by atoms with Gasteiger partial charge in [-0.2, -0.15) is 0 Å². The Labute approximate surface area is 136 Å². The van der Waals surface area contributed by atoms with Crippen molar-refractivity contribution >= 4 is 17.5 Å². The lowest BCUT2D eigenvalue weighted by atomic mass is 10.1. The molecule has 1 heterocycles. The lowest BCUT2D eigenvalue weighted by molar-refractivity contribution is -0.126. The van der Waals surface area contributed by atoms with Crippen LogP contribution in [0.3, 0.4) is 0 Å². The molecule has 1 aliphatic rings. The maximum atomic E-state index is 12.2. The molecule has 2 rings (SSSR count). The van der Waals surface area contributed by atoms with Crippen molar-refractivity contribution in [2.45, 2.75) is 19.8 Å². The van der Waals surface area contributed by atoms with Crippen molar-refractivity contribution in [3.05, 3.63) is 24.3 Å². The van der Waals surface area contributed by atoms with Crippen molar-refractivity contribution in [1.29, 1.82) is 0 Å². The Kier molecular flexibility index (Phi) is 6.40. The molecule has 0 spiro atoms. The van der Waals surface area contributed by atoms with Crippen LogP contribution in [0.1, 0.15) is 19.8 Å². The first kappa shape index (κ1) is 17.3. The van der Waals surface area contributed by atoms with E-state index in [0.717, 1.165) is 6.42 Å². The van der Waals surface area contributed by atoms with Crippen LogP contribution in [0.15, 0.2) is 24.3 Å². The van der Waals surface area contributed by atoms with Gasteiger partial charge in [0, 0.05) is 32.7 Å². The summed E-state index contributed by atoms with van der Waals surface area (Å²) < 4.78 is 10.5. The first-order valence-electron chi connectivity index (χ1n) is 7.96.